The molecule has 0 fully saturated rings. The number of carboxylic acids is 1. The van der Waals surface area contributed by atoms with E-state index in [0.717, 1.165) is 0 Å². The molecule has 7 nitrogen and oxygen atoms in total. The summed E-state index contributed by atoms with van der Waals surface area (Å²) in [5.74, 6) is -0.879. The third-order valence-electron chi connectivity index (χ3n) is 4.19. The van der Waals surface area contributed by atoms with Gasteiger partial charge in [-0.2, -0.15) is 0 Å². The summed E-state index contributed by atoms with van der Waals surface area (Å²) in [5, 5.41) is 10.5. The molecule has 1 aromatic carbocycles. The van der Waals surface area contributed by atoms with Crippen molar-refractivity contribution in [1.82, 2.24) is 4.98 Å². The fourth-order valence-electron chi connectivity index (χ4n) is 2.84. The molecule has 1 unspecified atom stereocenters. The van der Waals surface area contributed by atoms with Crippen molar-refractivity contribution < 1.29 is 28.3 Å². The van der Waals surface area contributed by atoms with E-state index < -0.39 is 13.6 Å². The average molecular weight is 464 g/mol. The van der Waals surface area contributed by atoms with Gasteiger partial charge < -0.3 is 18.9 Å². The zero-order valence-corrected chi connectivity index (χ0v) is 18.9. The molecular weight excluding hydrogens is 440 g/mol. The molecule has 0 spiro atoms. The molecule has 1 aromatic heterocycles. The molecule has 0 radical (unpaired) electrons. The number of aromatic nitrogens is 1. The molecule has 0 aliphatic rings. The number of aromatic carboxylic acids is 1. The number of hydrogen-bond donors (Lipinski definition) is 1. The molecule has 1 N–H and O–H groups in total. The fraction of sp³-hybridized carbons (Fsp3) is 0.474. The molecule has 2 rings (SSSR count). The number of halogens is 2. The van der Waals surface area contributed by atoms with Gasteiger partial charge in [0.1, 0.15) is 5.75 Å². The molecule has 160 valence electrons. The average Bonchev–Trinajstić information content (AvgIpc) is 2.64. The lowest BCUT2D eigenvalue weighted by molar-refractivity contribution is 0.0690. The number of benzene rings is 1. The van der Waals surface area contributed by atoms with Gasteiger partial charge in [0, 0.05) is 11.1 Å². The quantitative estimate of drug-likeness (QED) is 0.319. The summed E-state index contributed by atoms with van der Waals surface area (Å²) in [6, 6.07) is 4.41. The molecule has 0 aliphatic heterocycles. The maximum atomic E-state index is 12.8. The van der Waals surface area contributed by atoms with Crippen molar-refractivity contribution in [3.05, 3.63) is 33.9 Å². The molecule has 0 bridgehead atoms. The molecule has 0 amide bonds. The van der Waals surface area contributed by atoms with Crippen LogP contribution in [0.15, 0.2) is 18.2 Å². The Kier molecular flexibility index (Phi) is 8.73. The van der Waals surface area contributed by atoms with Crippen LogP contribution in [-0.2, 0) is 13.6 Å². The van der Waals surface area contributed by atoms with Crippen molar-refractivity contribution in [3.63, 3.8) is 0 Å². The lowest BCUT2D eigenvalue weighted by Crippen LogP contribution is -2.12. The molecule has 1 heterocycles. The van der Waals surface area contributed by atoms with Gasteiger partial charge in [-0.15, -0.1) is 0 Å². The van der Waals surface area contributed by atoms with Crippen LogP contribution >= 0.6 is 30.8 Å². The Hall–Kier alpha value is -1.37. The van der Waals surface area contributed by atoms with Gasteiger partial charge in [-0.3, -0.25) is 4.57 Å². The number of fused-ring (bicyclic) bond motifs is 1. The number of carbonyl (C=O) groups is 1. The summed E-state index contributed by atoms with van der Waals surface area (Å²) < 4.78 is 29.3. The maximum Gasteiger partial charge on any atom is 0.354 e. The van der Waals surface area contributed by atoms with E-state index >= 15 is 0 Å². The maximum absolute atomic E-state index is 12.8. The fourth-order valence-corrected chi connectivity index (χ4v) is 5.22. The largest absolute Gasteiger partial charge is 0.493 e. The summed E-state index contributed by atoms with van der Waals surface area (Å²) in [4.78, 5) is 15.4. The first-order valence-electron chi connectivity index (χ1n) is 9.26. The van der Waals surface area contributed by atoms with Crippen LogP contribution in [0.4, 0.5) is 0 Å². The second-order valence-corrected chi connectivity index (χ2v) is 9.63. The van der Waals surface area contributed by atoms with Crippen molar-refractivity contribution >= 4 is 47.7 Å². The van der Waals surface area contributed by atoms with Crippen LogP contribution < -0.4 is 4.74 Å². The monoisotopic (exact) mass is 463 g/mol. The second-order valence-electron chi connectivity index (χ2n) is 6.31. The van der Waals surface area contributed by atoms with Gasteiger partial charge in [-0.1, -0.05) is 30.1 Å². The van der Waals surface area contributed by atoms with Gasteiger partial charge >= 0.3 is 13.6 Å². The van der Waals surface area contributed by atoms with E-state index in [1.54, 1.807) is 19.9 Å². The van der Waals surface area contributed by atoms with Crippen molar-refractivity contribution in [2.75, 3.05) is 19.8 Å². The molecule has 2 aromatic rings. The van der Waals surface area contributed by atoms with Gasteiger partial charge in [-0.05, 0) is 38.8 Å². The van der Waals surface area contributed by atoms with Gasteiger partial charge in [0.05, 0.1) is 41.4 Å². The minimum Gasteiger partial charge on any atom is -0.493 e. The Morgan fingerprint density at radius 1 is 1.21 bits per heavy atom. The Labute approximate surface area is 179 Å². The van der Waals surface area contributed by atoms with Crippen molar-refractivity contribution in [3.8, 4) is 5.75 Å². The number of nitrogens with zero attached hydrogens (tertiary/aromatic N) is 1. The topological polar surface area (TPSA) is 95.0 Å². The molecule has 0 saturated carbocycles. The first-order valence-corrected chi connectivity index (χ1v) is 11.6. The van der Waals surface area contributed by atoms with Crippen molar-refractivity contribution in [2.45, 2.75) is 39.3 Å². The first kappa shape index (κ1) is 23.9. The highest BCUT2D eigenvalue weighted by atomic mass is 35.5. The van der Waals surface area contributed by atoms with E-state index in [4.69, 9.17) is 37.0 Å². The van der Waals surface area contributed by atoms with Crippen molar-refractivity contribution in [2.24, 2.45) is 0 Å². The van der Waals surface area contributed by atoms with Crippen LogP contribution in [0.1, 0.15) is 44.1 Å². The summed E-state index contributed by atoms with van der Waals surface area (Å²) >= 11 is 12.3. The third-order valence-corrected chi connectivity index (χ3v) is 7.28. The summed E-state index contributed by atoms with van der Waals surface area (Å²) in [6.45, 7) is 6.23. The van der Waals surface area contributed by atoms with Crippen LogP contribution in [0.5, 0.6) is 5.75 Å². The molecule has 1 atom stereocenters. The van der Waals surface area contributed by atoms with Crippen LogP contribution in [0.25, 0.3) is 10.9 Å². The lowest BCUT2D eigenvalue weighted by atomic mass is 10.1. The minimum absolute atomic E-state index is 0.170. The Morgan fingerprint density at radius 2 is 1.86 bits per heavy atom. The highest BCUT2D eigenvalue weighted by Gasteiger charge is 2.31. The van der Waals surface area contributed by atoms with Crippen LogP contribution in [-0.4, -0.2) is 41.5 Å². The van der Waals surface area contributed by atoms with Crippen LogP contribution in [0, 0.1) is 0 Å². The van der Waals surface area contributed by atoms with Gasteiger partial charge in [0.25, 0.3) is 0 Å². The summed E-state index contributed by atoms with van der Waals surface area (Å²) in [7, 11) is -3.18. The Morgan fingerprint density at radius 3 is 2.45 bits per heavy atom. The zero-order valence-electron chi connectivity index (χ0n) is 16.5. The number of carboxylic acid groups (broad SMARTS) is 1. The smallest absolute Gasteiger partial charge is 0.354 e. The Bertz CT molecular complexity index is 913. The number of hydrogen-bond acceptors (Lipinski definition) is 6. The van der Waals surface area contributed by atoms with E-state index in [1.807, 2.05) is 6.92 Å². The molecule has 0 saturated heterocycles. The summed E-state index contributed by atoms with van der Waals surface area (Å²) in [6.07, 6.45) is 1.11. The number of ether oxygens (including phenoxy) is 1. The number of rotatable bonds is 11. The molecule has 0 aliphatic carbocycles. The standard InChI is InChI=1S/C19H24Cl2NO6P/c1-4-27-29(25,28-5-2)12(3)7-6-8-26-17-11-16(19(23)24)22-15-10-13(20)9-14(21)18(15)17/h9-12H,4-8H2,1-3H3,(H,23,24). The van der Waals surface area contributed by atoms with Gasteiger partial charge in [0.15, 0.2) is 5.69 Å². The van der Waals surface area contributed by atoms with Crippen LogP contribution in [0.2, 0.25) is 10.0 Å². The molecule has 29 heavy (non-hydrogen) atoms. The van der Waals surface area contributed by atoms with E-state index in [-0.39, 0.29) is 18.0 Å². The van der Waals surface area contributed by atoms with E-state index in [0.29, 0.717) is 52.8 Å². The molecule has 10 heteroatoms. The Balaban J connectivity index is 2.14. The highest BCUT2D eigenvalue weighted by molar-refractivity contribution is 7.54. The molecular formula is C19H24Cl2NO6P. The third kappa shape index (κ3) is 6.06. The number of pyridine rings is 1. The van der Waals surface area contributed by atoms with Gasteiger partial charge in [-0.25, -0.2) is 9.78 Å². The van der Waals surface area contributed by atoms with E-state index in [9.17, 15) is 14.5 Å². The predicted octanol–water partition coefficient (Wildman–Crippen LogP) is 6.05. The lowest BCUT2D eigenvalue weighted by Gasteiger charge is -2.23. The zero-order chi connectivity index (χ0) is 21.6. The summed E-state index contributed by atoms with van der Waals surface area (Å²) in [5.41, 5.74) is -0.128. The minimum atomic E-state index is -3.18. The van der Waals surface area contributed by atoms with Gasteiger partial charge in [0.2, 0.25) is 0 Å². The van der Waals surface area contributed by atoms with Crippen LogP contribution in [0.3, 0.4) is 0 Å². The second kappa shape index (κ2) is 10.6. The SMILES string of the molecule is CCOP(=O)(OCC)C(C)CCCOc1cc(C(=O)O)nc2cc(Cl)cc(Cl)c12. The van der Waals surface area contributed by atoms with Crippen molar-refractivity contribution in [1.29, 1.82) is 0 Å². The normalized spacial score (nSPS) is 12.9. The first-order chi connectivity index (χ1) is 13.7. The van der Waals surface area contributed by atoms with E-state index in [1.165, 1.54) is 12.1 Å². The highest BCUT2D eigenvalue weighted by Crippen LogP contribution is 2.54. The van der Waals surface area contributed by atoms with E-state index in [2.05, 4.69) is 4.98 Å². The predicted molar refractivity (Wildman–Crippen MR) is 114 cm³/mol.